The van der Waals surface area contributed by atoms with Gasteiger partial charge in [-0.25, -0.2) is 0 Å². The van der Waals surface area contributed by atoms with E-state index in [0.29, 0.717) is 5.56 Å². The van der Waals surface area contributed by atoms with Crippen molar-refractivity contribution in [2.75, 3.05) is 0 Å². The van der Waals surface area contributed by atoms with Crippen LogP contribution in [0, 0.1) is 0 Å². The molecule has 3 heteroatoms. The van der Waals surface area contributed by atoms with Gasteiger partial charge in [0, 0.05) is 0 Å². The van der Waals surface area contributed by atoms with E-state index in [1.54, 1.807) is 0 Å². The molecule has 1 heterocycles. The Hall–Kier alpha value is -4.62. The number of hydrogen-bond acceptors (Lipinski definition) is 2. The van der Waals surface area contributed by atoms with Crippen molar-refractivity contribution < 1.29 is 9.32 Å². The van der Waals surface area contributed by atoms with Crippen molar-refractivity contribution in [3.63, 3.8) is 0 Å². The Morgan fingerprint density at radius 1 is 0.523 bits per heavy atom. The fraction of sp³-hybridized carbons (Fsp3) is 0.0976. The van der Waals surface area contributed by atoms with Crippen molar-refractivity contribution in [2.24, 2.45) is 0 Å². The van der Waals surface area contributed by atoms with E-state index < -0.39 is 12.4 Å². The van der Waals surface area contributed by atoms with Gasteiger partial charge in [-0.05, 0) is 0 Å². The molecule has 0 radical (unpaired) electrons. The van der Waals surface area contributed by atoms with Gasteiger partial charge in [-0.1, -0.05) is 0 Å². The first kappa shape index (κ1) is 28.2. The SMILES string of the molecule is C[C@H]1[C@H](c2ccccc2)[C@](C(=O)c2ccccc2)(c2ccccc2)OP1(c1ccccc1)(c1ccccc1)c1ccccc1. The Balaban J connectivity index is 1.71. The molecule has 1 saturated heterocycles. The van der Waals surface area contributed by atoms with Crippen LogP contribution in [0.25, 0.3) is 0 Å². The van der Waals surface area contributed by atoms with Crippen molar-refractivity contribution >= 4 is 28.5 Å². The monoisotopic (exact) mass is 590 g/mol. The molecule has 0 unspecified atom stereocenters. The Bertz CT molecular complexity index is 1760. The third-order valence-corrected chi connectivity index (χ3v) is 16.1. The van der Waals surface area contributed by atoms with Crippen LogP contribution in [0.1, 0.15) is 34.3 Å². The average Bonchev–Trinajstić information content (AvgIpc) is 3.38. The van der Waals surface area contributed by atoms with Gasteiger partial charge in [0.15, 0.2) is 0 Å². The molecular formula is C41H35O2P. The molecule has 1 aliphatic rings. The van der Waals surface area contributed by atoms with Gasteiger partial charge in [0.2, 0.25) is 0 Å². The average molecular weight is 591 g/mol. The molecule has 44 heavy (non-hydrogen) atoms. The van der Waals surface area contributed by atoms with Gasteiger partial charge in [-0.3, -0.25) is 0 Å². The number of hydrogen-bond donors (Lipinski definition) is 0. The van der Waals surface area contributed by atoms with Crippen LogP contribution in [0.15, 0.2) is 182 Å². The van der Waals surface area contributed by atoms with E-state index in [1.165, 1.54) is 0 Å². The maximum atomic E-state index is 15.5. The zero-order chi connectivity index (χ0) is 30.1. The van der Waals surface area contributed by atoms with Crippen LogP contribution in [0.5, 0.6) is 0 Å². The van der Waals surface area contributed by atoms with Gasteiger partial charge in [0.25, 0.3) is 0 Å². The molecule has 1 fully saturated rings. The van der Waals surface area contributed by atoms with Crippen LogP contribution in [0.4, 0.5) is 0 Å². The van der Waals surface area contributed by atoms with Crippen molar-refractivity contribution in [3.8, 4) is 0 Å². The first-order valence-electron chi connectivity index (χ1n) is 15.2. The summed E-state index contributed by atoms with van der Waals surface area (Å²) in [7, 11) is 0. The van der Waals surface area contributed by atoms with E-state index in [4.69, 9.17) is 4.52 Å². The van der Waals surface area contributed by atoms with Gasteiger partial charge >= 0.3 is 261 Å². The molecule has 2 nitrogen and oxygen atoms in total. The van der Waals surface area contributed by atoms with Crippen LogP contribution >= 0.6 is 6.83 Å². The summed E-state index contributed by atoms with van der Waals surface area (Å²) in [4.78, 5) is 15.5. The minimum atomic E-state index is -3.94. The van der Waals surface area contributed by atoms with Crippen LogP contribution in [0.3, 0.4) is 0 Å². The minimum absolute atomic E-state index is 0.0284. The van der Waals surface area contributed by atoms with E-state index in [9.17, 15) is 0 Å². The molecule has 0 saturated carbocycles. The van der Waals surface area contributed by atoms with Gasteiger partial charge in [0.05, 0.1) is 0 Å². The standard InChI is InChI=1S/C41H35O2P/c1-32-39(33-20-8-2-9-21-33)41(35-24-12-4-13-25-35,40(42)34-22-10-3-11-23-34)43-44(32,36-26-14-5-15-27-36,37-28-16-6-17-29-37)38-30-18-7-19-31-38/h2-32,39H,1H3/t32-,39+,41-/m0/s1. The fourth-order valence-electron chi connectivity index (χ4n) is 7.76. The second kappa shape index (κ2) is 11.1. The first-order valence-corrected chi connectivity index (χ1v) is 17.4. The second-order valence-electron chi connectivity index (χ2n) is 11.6. The molecule has 0 aromatic heterocycles. The number of ketones is 1. The molecule has 6 aromatic rings. The van der Waals surface area contributed by atoms with Gasteiger partial charge in [0.1, 0.15) is 0 Å². The van der Waals surface area contributed by atoms with Crippen molar-refractivity contribution in [3.05, 3.63) is 199 Å². The van der Waals surface area contributed by atoms with E-state index in [0.717, 1.165) is 27.0 Å². The van der Waals surface area contributed by atoms with Crippen molar-refractivity contribution in [2.45, 2.75) is 24.1 Å². The molecule has 1 aliphatic heterocycles. The molecule has 3 atom stereocenters. The van der Waals surface area contributed by atoms with Crippen molar-refractivity contribution in [1.82, 2.24) is 0 Å². The van der Waals surface area contributed by atoms with Crippen LogP contribution in [0.2, 0.25) is 0 Å². The molecule has 0 amide bonds. The molecule has 6 aromatic carbocycles. The summed E-state index contributed by atoms with van der Waals surface area (Å²) in [6.07, 6.45) is 0. The normalized spacial score (nSPS) is 22.8. The van der Waals surface area contributed by atoms with Gasteiger partial charge in [-0.2, -0.15) is 0 Å². The number of rotatable bonds is 7. The number of benzene rings is 6. The fourth-order valence-corrected chi connectivity index (χ4v) is 14.7. The Morgan fingerprint density at radius 3 is 1.32 bits per heavy atom. The second-order valence-corrected chi connectivity index (χ2v) is 16.4. The summed E-state index contributed by atoms with van der Waals surface area (Å²) in [5.41, 5.74) is 1.13. The quantitative estimate of drug-likeness (QED) is 0.138. The first-order chi connectivity index (χ1) is 21.6. The summed E-state index contributed by atoms with van der Waals surface area (Å²) < 4.78 is 8.25. The zero-order valence-corrected chi connectivity index (χ0v) is 25.6. The number of Topliss-reactive ketones (excluding diaryl/α,β-unsaturated/α-hetero) is 1. The third-order valence-electron chi connectivity index (χ3n) is 9.57. The van der Waals surface area contributed by atoms with E-state index in [2.05, 4.69) is 134 Å². The zero-order valence-electron chi connectivity index (χ0n) is 24.7. The van der Waals surface area contributed by atoms with Crippen LogP contribution in [-0.4, -0.2) is 11.4 Å². The topological polar surface area (TPSA) is 26.3 Å². The van der Waals surface area contributed by atoms with Crippen molar-refractivity contribution in [1.29, 1.82) is 0 Å². The van der Waals surface area contributed by atoms with E-state index in [1.807, 2.05) is 54.6 Å². The van der Waals surface area contributed by atoms with Gasteiger partial charge < -0.3 is 0 Å². The Labute approximate surface area is 260 Å². The number of carbonyl (C=O) groups is 1. The Morgan fingerprint density at radius 2 is 0.886 bits per heavy atom. The van der Waals surface area contributed by atoms with Crippen LogP contribution in [-0.2, 0) is 10.1 Å². The summed E-state index contributed by atoms with van der Waals surface area (Å²) >= 11 is 0. The molecule has 216 valence electrons. The molecular weight excluding hydrogens is 555 g/mol. The molecule has 0 spiro atoms. The Kier molecular flexibility index (Phi) is 7.13. The summed E-state index contributed by atoms with van der Waals surface area (Å²) in [5.74, 6) is -0.337. The van der Waals surface area contributed by atoms with Gasteiger partial charge in [-0.15, -0.1) is 0 Å². The third kappa shape index (κ3) is 3.92. The van der Waals surface area contributed by atoms with Crippen LogP contribution < -0.4 is 15.9 Å². The molecule has 0 N–H and O–H groups in total. The predicted molar refractivity (Wildman–Crippen MR) is 184 cm³/mol. The molecule has 0 bridgehead atoms. The summed E-state index contributed by atoms with van der Waals surface area (Å²) in [5, 5.41) is 3.34. The summed E-state index contributed by atoms with van der Waals surface area (Å²) in [6.45, 7) is -1.61. The molecule has 0 aliphatic carbocycles. The molecule has 7 rings (SSSR count). The predicted octanol–water partition coefficient (Wildman–Crippen LogP) is 8.41. The van der Waals surface area contributed by atoms with E-state index >= 15 is 4.79 Å². The maximum absolute atomic E-state index is 15.5. The van der Waals surface area contributed by atoms with E-state index in [-0.39, 0.29) is 17.4 Å². The summed E-state index contributed by atoms with van der Waals surface area (Å²) in [6, 6.07) is 62.4. The number of carbonyl (C=O) groups excluding carboxylic acids is 1.